The Morgan fingerprint density at radius 1 is 1.11 bits per heavy atom. The lowest BCUT2D eigenvalue weighted by Gasteiger charge is -2.30. The van der Waals surface area contributed by atoms with Crippen LogP contribution in [-0.2, 0) is 33.9 Å². The molecule has 4 aliphatic rings. The van der Waals surface area contributed by atoms with Crippen molar-refractivity contribution < 1.29 is 41.9 Å². The number of fused-ring (bicyclic) bond motifs is 2. The van der Waals surface area contributed by atoms with E-state index in [0.29, 0.717) is 25.7 Å². The maximum Gasteiger partial charge on any atom is 0.408 e. The maximum absolute atomic E-state index is 14.1. The zero-order valence-electron chi connectivity index (χ0n) is 26.9. The molecule has 0 spiro atoms. The zero-order chi connectivity index (χ0) is 34.0. The lowest BCUT2D eigenvalue weighted by molar-refractivity contribution is -0.141. The molecule has 2 aliphatic carbocycles. The minimum atomic E-state index is -3.89. The molecule has 3 N–H and O–H groups in total. The molecular formula is C32H43N5O9S. The van der Waals surface area contributed by atoms with Gasteiger partial charge in [-0.1, -0.05) is 25.0 Å². The zero-order valence-corrected chi connectivity index (χ0v) is 27.7. The van der Waals surface area contributed by atoms with Crippen molar-refractivity contribution in [1.82, 2.24) is 25.2 Å². The fourth-order valence-electron chi connectivity index (χ4n) is 6.00. The Bertz CT molecular complexity index is 1520. The number of pyridine rings is 1. The average molecular weight is 674 g/mol. The molecule has 2 saturated carbocycles. The molecule has 0 radical (unpaired) electrons. The summed E-state index contributed by atoms with van der Waals surface area (Å²) < 4.78 is 38.6. The van der Waals surface area contributed by atoms with E-state index in [1.165, 1.54) is 23.4 Å². The second kappa shape index (κ2) is 13.6. The van der Waals surface area contributed by atoms with Crippen molar-refractivity contribution >= 4 is 39.8 Å². The van der Waals surface area contributed by atoms with Crippen molar-refractivity contribution in [2.24, 2.45) is 5.92 Å². The normalized spacial score (nSPS) is 28.4. The van der Waals surface area contributed by atoms with Gasteiger partial charge >= 0.3 is 12.1 Å². The molecule has 1 aromatic rings. The molecule has 3 heterocycles. The molecule has 4 amide bonds. The van der Waals surface area contributed by atoms with Crippen molar-refractivity contribution in [3.05, 3.63) is 42.2 Å². The summed E-state index contributed by atoms with van der Waals surface area (Å²) in [7, 11) is -3.89. The van der Waals surface area contributed by atoms with Gasteiger partial charge in [0, 0.05) is 24.7 Å². The fourth-order valence-corrected chi connectivity index (χ4v) is 7.36. The van der Waals surface area contributed by atoms with Crippen LogP contribution in [-0.4, -0.2) is 89.2 Å². The van der Waals surface area contributed by atoms with E-state index in [9.17, 15) is 32.4 Å². The number of carbonyl (C=O) groups is 5. The number of esters is 1. The summed E-state index contributed by atoms with van der Waals surface area (Å²) in [5.74, 6) is -3.21. The highest BCUT2D eigenvalue weighted by Crippen LogP contribution is 2.46. The molecule has 256 valence electrons. The van der Waals surface area contributed by atoms with E-state index < -0.39 is 80.3 Å². The maximum atomic E-state index is 14.1. The molecule has 5 unspecified atom stereocenters. The number of hydrogen-bond acceptors (Lipinski definition) is 10. The number of nitrogens with one attached hydrogen (secondary N) is 3. The third-order valence-electron chi connectivity index (χ3n) is 8.70. The van der Waals surface area contributed by atoms with Gasteiger partial charge in [-0.2, -0.15) is 0 Å². The van der Waals surface area contributed by atoms with Crippen LogP contribution in [0.5, 0.6) is 0 Å². The summed E-state index contributed by atoms with van der Waals surface area (Å²) in [5.41, 5.74) is -2.15. The topological polar surface area (TPSA) is 190 Å². The van der Waals surface area contributed by atoms with E-state index in [0.717, 1.165) is 12.8 Å². The van der Waals surface area contributed by atoms with Crippen molar-refractivity contribution in [2.75, 3.05) is 6.54 Å². The minimum Gasteiger partial charge on any atom is -0.457 e. The number of alkyl carbamates (subject to hydrolysis) is 1. The Hall–Kier alpha value is -4.01. The Balaban J connectivity index is 1.42. The largest absolute Gasteiger partial charge is 0.457 e. The molecule has 1 aromatic heterocycles. The summed E-state index contributed by atoms with van der Waals surface area (Å²) in [6.07, 6.45) is 9.01. The third kappa shape index (κ3) is 8.48. The number of hydrogen-bond donors (Lipinski definition) is 3. The number of allylic oxidation sites excluding steroid dienone is 1. The van der Waals surface area contributed by atoms with Crippen LogP contribution in [0.3, 0.4) is 0 Å². The van der Waals surface area contributed by atoms with Crippen LogP contribution in [0.15, 0.2) is 36.7 Å². The van der Waals surface area contributed by atoms with Crippen LogP contribution >= 0.6 is 0 Å². The van der Waals surface area contributed by atoms with Gasteiger partial charge in [-0.3, -0.25) is 24.1 Å². The van der Waals surface area contributed by atoms with Crippen LogP contribution in [0.1, 0.15) is 88.9 Å². The van der Waals surface area contributed by atoms with Gasteiger partial charge in [-0.15, -0.1) is 0 Å². The van der Waals surface area contributed by atoms with Crippen molar-refractivity contribution in [3.8, 4) is 0 Å². The van der Waals surface area contributed by atoms with E-state index in [-0.39, 0.29) is 31.4 Å². The summed E-state index contributed by atoms with van der Waals surface area (Å²) in [4.78, 5) is 72.6. The van der Waals surface area contributed by atoms with E-state index in [1.807, 2.05) is 12.2 Å². The van der Waals surface area contributed by atoms with E-state index in [4.69, 9.17) is 9.47 Å². The van der Waals surface area contributed by atoms with E-state index in [1.54, 1.807) is 26.8 Å². The van der Waals surface area contributed by atoms with E-state index >= 15 is 0 Å². The van der Waals surface area contributed by atoms with Crippen LogP contribution in [0, 0.1) is 5.92 Å². The third-order valence-corrected chi connectivity index (χ3v) is 10.5. The first-order valence-electron chi connectivity index (χ1n) is 16.1. The van der Waals surface area contributed by atoms with Gasteiger partial charge in [0.05, 0.1) is 17.4 Å². The van der Waals surface area contributed by atoms with Crippen molar-refractivity contribution in [1.29, 1.82) is 0 Å². The first-order valence-corrected chi connectivity index (χ1v) is 17.7. The standard InChI is InChI=1S/C32H43N5O9S/c1-31(2,3)46-30(42)34-24-12-8-6-4-5-7-11-21-17-32(21,29(41)36-47(43,44)23-13-14-23)35-26(38)25-16-22(19-37(25)27(24)39)45-28(40)20-10-9-15-33-18-20/h7,9-11,15,18,21-25H,4-6,8,12-14,16-17,19H2,1-3H3,(H,34,42)(H,35,38)(H,36,41). The highest BCUT2D eigenvalue weighted by molar-refractivity contribution is 7.91. The van der Waals surface area contributed by atoms with Gasteiger partial charge in [0.2, 0.25) is 21.8 Å². The quantitative estimate of drug-likeness (QED) is 0.298. The van der Waals surface area contributed by atoms with E-state index in [2.05, 4.69) is 20.3 Å². The molecule has 3 fully saturated rings. The Labute approximate surface area is 274 Å². The Morgan fingerprint density at radius 2 is 1.87 bits per heavy atom. The van der Waals surface area contributed by atoms with Crippen molar-refractivity contribution in [3.63, 3.8) is 0 Å². The van der Waals surface area contributed by atoms with Crippen LogP contribution in [0.2, 0.25) is 0 Å². The SMILES string of the molecule is CC(C)(C)OC(=O)NC1CCCCCC=CC2CC2(C(=O)NS(=O)(=O)C2CC2)NC(=O)C2CC(OC(=O)c3cccnc3)CN2C1=O. The molecule has 14 nitrogen and oxygen atoms in total. The second-order valence-electron chi connectivity index (χ2n) is 13.7. The molecule has 47 heavy (non-hydrogen) atoms. The number of nitrogens with zero attached hydrogens (tertiary/aromatic N) is 2. The Kier molecular flexibility index (Phi) is 9.94. The van der Waals surface area contributed by atoms with Gasteiger partial charge in [-0.25, -0.2) is 18.0 Å². The number of rotatable bonds is 6. The lowest BCUT2D eigenvalue weighted by Crippen LogP contribution is -2.58. The molecule has 0 aromatic carbocycles. The number of sulfonamides is 1. The predicted molar refractivity (Wildman–Crippen MR) is 168 cm³/mol. The molecule has 0 bridgehead atoms. The van der Waals surface area contributed by atoms with Gasteiger partial charge in [0.25, 0.3) is 5.91 Å². The smallest absolute Gasteiger partial charge is 0.408 e. The lowest BCUT2D eigenvalue weighted by atomic mass is 10.0. The molecule has 1 saturated heterocycles. The first-order chi connectivity index (χ1) is 22.2. The monoisotopic (exact) mass is 673 g/mol. The van der Waals surface area contributed by atoms with Crippen molar-refractivity contribution in [2.45, 2.75) is 113 Å². The van der Waals surface area contributed by atoms with Crippen LogP contribution in [0.4, 0.5) is 4.79 Å². The second-order valence-corrected chi connectivity index (χ2v) is 15.7. The molecular weight excluding hydrogens is 630 g/mol. The number of ether oxygens (including phenoxy) is 2. The van der Waals surface area contributed by atoms with Gasteiger partial charge in [0.15, 0.2) is 0 Å². The summed E-state index contributed by atoms with van der Waals surface area (Å²) in [6.45, 7) is 4.96. The van der Waals surface area contributed by atoms with Gasteiger partial charge in [-0.05, 0) is 71.4 Å². The fraction of sp³-hybridized carbons (Fsp3) is 0.625. The summed E-state index contributed by atoms with van der Waals surface area (Å²) in [5, 5.41) is 4.81. The number of carbonyl (C=O) groups excluding carboxylic acids is 5. The Morgan fingerprint density at radius 3 is 2.55 bits per heavy atom. The molecule has 5 atom stereocenters. The first kappa shape index (κ1) is 34.3. The molecule has 2 aliphatic heterocycles. The number of aromatic nitrogens is 1. The minimum absolute atomic E-state index is 0.0820. The predicted octanol–water partition coefficient (Wildman–Crippen LogP) is 2.10. The van der Waals surface area contributed by atoms with Gasteiger partial charge < -0.3 is 25.0 Å². The highest BCUT2D eigenvalue weighted by atomic mass is 32.2. The number of amides is 4. The molecule has 5 rings (SSSR count). The van der Waals surface area contributed by atoms with Crippen LogP contribution in [0.25, 0.3) is 0 Å². The van der Waals surface area contributed by atoms with Crippen LogP contribution < -0.4 is 15.4 Å². The summed E-state index contributed by atoms with van der Waals surface area (Å²) in [6, 6.07) is 0.884. The molecule has 15 heteroatoms. The summed E-state index contributed by atoms with van der Waals surface area (Å²) >= 11 is 0. The highest BCUT2D eigenvalue weighted by Gasteiger charge is 2.62. The van der Waals surface area contributed by atoms with Gasteiger partial charge in [0.1, 0.15) is 29.3 Å². The average Bonchev–Trinajstić information content (AvgIpc) is 3.92.